The standard InChI is InChI=1S/C21H17BrO2S/c22-16-12-10-15(11-13-16)14-20(25-17-6-2-1-3-7-17)21(24)18-8-4-5-9-19(18)23/h1-13,20,23H,14H2. The second-order valence-electron chi connectivity index (χ2n) is 5.63. The number of Topliss-reactive ketones (excluding diaryl/α,β-unsaturated/α-hetero) is 1. The Morgan fingerprint density at radius 2 is 1.56 bits per heavy atom. The van der Waals surface area contributed by atoms with Gasteiger partial charge in [0.15, 0.2) is 5.78 Å². The Labute approximate surface area is 160 Å². The molecule has 0 aliphatic carbocycles. The Morgan fingerprint density at radius 1 is 0.920 bits per heavy atom. The Morgan fingerprint density at radius 3 is 2.24 bits per heavy atom. The first-order valence-electron chi connectivity index (χ1n) is 7.92. The van der Waals surface area contributed by atoms with Gasteiger partial charge in [-0.3, -0.25) is 4.79 Å². The monoisotopic (exact) mass is 412 g/mol. The number of halogens is 1. The predicted molar refractivity (Wildman–Crippen MR) is 106 cm³/mol. The third-order valence-corrected chi connectivity index (χ3v) is 5.56. The molecular weight excluding hydrogens is 396 g/mol. The number of hydrogen-bond donors (Lipinski definition) is 1. The van der Waals surface area contributed by atoms with Crippen LogP contribution in [0.5, 0.6) is 5.75 Å². The van der Waals surface area contributed by atoms with Crippen molar-refractivity contribution < 1.29 is 9.90 Å². The van der Waals surface area contributed by atoms with Gasteiger partial charge in [-0.25, -0.2) is 0 Å². The number of phenolic OH excluding ortho intramolecular Hbond substituents is 1. The van der Waals surface area contributed by atoms with E-state index in [1.54, 1.807) is 24.3 Å². The summed E-state index contributed by atoms with van der Waals surface area (Å²) in [7, 11) is 0. The van der Waals surface area contributed by atoms with Gasteiger partial charge in [0.2, 0.25) is 0 Å². The van der Waals surface area contributed by atoms with E-state index in [0.29, 0.717) is 12.0 Å². The summed E-state index contributed by atoms with van der Waals surface area (Å²) < 4.78 is 1.01. The van der Waals surface area contributed by atoms with Crippen LogP contribution in [0.1, 0.15) is 15.9 Å². The van der Waals surface area contributed by atoms with E-state index >= 15 is 0 Å². The van der Waals surface area contributed by atoms with Crippen molar-refractivity contribution in [1.29, 1.82) is 0 Å². The fourth-order valence-electron chi connectivity index (χ4n) is 2.54. The summed E-state index contributed by atoms with van der Waals surface area (Å²) in [5.41, 5.74) is 1.45. The van der Waals surface area contributed by atoms with E-state index in [0.717, 1.165) is 14.9 Å². The minimum Gasteiger partial charge on any atom is -0.507 e. The number of carbonyl (C=O) groups excluding carboxylic acids is 1. The number of benzene rings is 3. The lowest BCUT2D eigenvalue weighted by molar-refractivity contribution is 0.0986. The zero-order chi connectivity index (χ0) is 17.6. The van der Waals surface area contributed by atoms with Gasteiger partial charge in [-0.1, -0.05) is 58.4 Å². The van der Waals surface area contributed by atoms with Crippen LogP contribution in [0.3, 0.4) is 0 Å². The molecule has 0 amide bonds. The number of rotatable bonds is 6. The Bertz CT molecular complexity index is 847. The van der Waals surface area contributed by atoms with Crippen LogP contribution in [0.15, 0.2) is 88.2 Å². The summed E-state index contributed by atoms with van der Waals surface area (Å²) in [5, 5.41) is 9.75. The maximum Gasteiger partial charge on any atom is 0.180 e. The molecule has 0 radical (unpaired) electrons. The topological polar surface area (TPSA) is 37.3 Å². The van der Waals surface area contributed by atoms with Crippen LogP contribution in [0.4, 0.5) is 0 Å². The molecule has 0 aromatic heterocycles. The minimum atomic E-state index is -0.308. The van der Waals surface area contributed by atoms with Crippen LogP contribution < -0.4 is 0 Å². The first-order chi connectivity index (χ1) is 12.1. The van der Waals surface area contributed by atoms with Crippen LogP contribution in [-0.2, 0) is 6.42 Å². The molecule has 2 nitrogen and oxygen atoms in total. The highest BCUT2D eigenvalue weighted by Crippen LogP contribution is 2.30. The number of carbonyl (C=O) groups is 1. The summed E-state index contributed by atoms with van der Waals surface area (Å²) in [6.07, 6.45) is 0.597. The van der Waals surface area contributed by atoms with Crippen LogP contribution in [0.25, 0.3) is 0 Å². The molecule has 0 spiro atoms. The van der Waals surface area contributed by atoms with Crippen molar-refractivity contribution in [3.05, 3.63) is 94.5 Å². The van der Waals surface area contributed by atoms with Crippen LogP contribution in [-0.4, -0.2) is 16.1 Å². The molecule has 4 heteroatoms. The molecule has 3 aromatic carbocycles. The van der Waals surface area contributed by atoms with Crippen molar-refractivity contribution >= 4 is 33.5 Å². The molecule has 0 aliphatic rings. The van der Waals surface area contributed by atoms with Crippen molar-refractivity contribution in [2.24, 2.45) is 0 Å². The number of thioether (sulfide) groups is 1. The molecule has 0 fully saturated rings. The third-order valence-electron chi connectivity index (χ3n) is 3.82. The predicted octanol–water partition coefficient (Wildman–Crippen LogP) is 5.74. The van der Waals surface area contributed by atoms with Gasteiger partial charge in [-0.2, -0.15) is 0 Å². The lowest BCUT2D eigenvalue weighted by Crippen LogP contribution is -2.20. The molecule has 1 N–H and O–H groups in total. The second kappa shape index (κ2) is 8.37. The van der Waals surface area contributed by atoms with E-state index in [1.807, 2.05) is 54.6 Å². The van der Waals surface area contributed by atoms with Gasteiger partial charge < -0.3 is 5.11 Å². The van der Waals surface area contributed by atoms with Gasteiger partial charge >= 0.3 is 0 Å². The SMILES string of the molecule is O=C(c1ccccc1O)C(Cc1ccc(Br)cc1)Sc1ccccc1. The molecule has 126 valence electrons. The zero-order valence-corrected chi connectivity index (χ0v) is 15.8. The average molecular weight is 413 g/mol. The first-order valence-corrected chi connectivity index (χ1v) is 9.59. The average Bonchev–Trinajstić information content (AvgIpc) is 2.64. The number of para-hydroxylation sites is 1. The molecular formula is C21H17BrO2S. The molecule has 3 rings (SSSR count). The lowest BCUT2D eigenvalue weighted by atomic mass is 10.0. The van der Waals surface area contributed by atoms with Gasteiger partial charge in [0.05, 0.1) is 10.8 Å². The van der Waals surface area contributed by atoms with E-state index in [1.165, 1.54) is 11.8 Å². The quantitative estimate of drug-likeness (QED) is 0.414. The van der Waals surface area contributed by atoms with Crippen LogP contribution in [0.2, 0.25) is 0 Å². The van der Waals surface area contributed by atoms with Gasteiger partial charge in [-0.05, 0) is 48.4 Å². The van der Waals surface area contributed by atoms with E-state index in [9.17, 15) is 9.90 Å². The van der Waals surface area contributed by atoms with Gasteiger partial charge in [0.25, 0.3) is 0 Å². The molecule has 0 aliphatic heterocycles. The first kappa shape index (κ1) is 17.8. The molecule has 0 saturated heterocycles. The summed E-state index contributed by atoms with van der Waals surface area (Å²) >= 11 is 4.96. The van der Waals surface area contributed by atoms with Crippen LogP contribution in [0, 0.1) is 0 Å². The molecule has 0 heterocycles. The normalized spacial score (nSPS) is 11.9. The van der Waals surface area contributed by atoms with Crippen LogP contribution >= 0.6 is 27.7 Å². The van der Waals surface area contributed by atoms with Crippen molar-refractivity contribution in [2.75, 3.05) is 0 Å². The fourth-order valence-corrected chi connectivity index (χ4v) is 3.96. The van der Waals surface area contributed by atoms with E-state index in [4.69, 9.17) is 0 Å². The van der Waals surface area contributed by atoms with Crippen molar-refractivity contribution in [3.63, 3.8) is 0 Å². The maximum atomic E-state index is 13.1. The van der Waals surface area contributed by atoms with E-state index in [-0.39, 0.29) is 16.8 Å². The van der Waals surface area contributed by atoms with Gasteiger partial charge in [-0.15, -0.1) is 11.8 Å². The van der Waals surface area contributed by atoms with Crippen molar-refractivity contribution in [1.82, 2.24) is 0 Å². The summed E-state index contributed by atoms with van der Waals surface area (Å²) in [6.45, 7) is 0. The molecule has 1 unspecified atom stereocenters. The van der Waals surface area contributed by atoms with Crippen molar-refractivity contribution in [2.45, 2.75) is 16.6 Å². The highest BCUT2D eigenvalue weighted by atomic mass is 79.9. The molecule has 0 saturated carbocycles. The highest BCUT2D eigenvalue weighted by molar-refractivity contribution is 9.10. The maximum absolute atomic E-state index is 13.1. The number of aromatic hydroxyl groups is 1. The highest BCUT2D eigenvalue weighted by Gasteiger charge is 2.24. The smallest absolute Gasteiger partial charge is 0.180 e. The molecule has 0 bridgehead atoms. The molecule has 3 aromatic rings. The lowest BCUT2D eigenvalue weighted by Gasteiger charge is -2.16. The fraction of sp³-hybridized carbons (Fsp3) is 0.0952. The largest absolute Gasteiger partial charge is 0.507 e. The Kier molecular flexibility index (Phi) is 5.95. The number of ketones is 1. The zero-order valence-electron chi connectivity index (χ0n) is 13.4. The van der Waals surface area contributed by atoms with E-state index < -0.39 is 0 Å². The summed E-state index contributed by atoms with van der Waals surface area (Å²) in [6, 6.07) is 24.6. The summed E-state index contributed by atoms with van der Waals surface area (Å²) in [5.74, 6) is -0.0307. The van der Waals surface area contributed by atoms with Gasteiger partial charge in [0, 0.05) is 9.37 Å². The molecule has 25 heavy (non-hydrogen) atoms. The van der Waals surface area contributed by atoms with Gasteiger partial charge in [0.1, 0.15) is 5.75 Å². The second-order valence-corrected chi connectivity index (χ2v) is 7.82. The number of phenols is 1. The third kappa shape index (κ3) is 4.74. The Balaban J connectivity index is 1.89. The number of hydrogen-bond acceptors (Lipinski definition) is 3. The Hall–Kier alpha value is -2.04. The minimum absolute atomic E-state index is 0.0296. The summed E-state index contributed by atoms with van der Waals surface area (Å²) in [4.78, 5) is 14.1. The van der Waals surface area contributed by atoms with Crippen molar-refractivity contribution in [3.8, 4) is 5.75 Å². The molecule has 1 atom stereocenters. The van der Waals surface area contributed by atoms with E-state index in [2.05, 4.69) is 15.9 Å².